The van der Waals surface area contributed by atoms with Gasteiger partial charge in [-0.2, -0.15) is 0 Å². The maximum absolute atomic E-state index is 10.7. The maximum atomic E-state index is 10.7. The zero-order chi connectivity index (χ0) is 33.3. The summed E-state index contributed by atoms with van der Waals surface area (Å²) in [5, 5.41) is 26.5. The van der Waals surface area contributed by atoms with Crippen LogP contribution in [0.1, 0.15) is 123 Å². The smallest absolute Gasteiger partial charge is 0.307 e. The van der Waals surface area contributed by atoms with Gasteiger partial charge in [-0.15, -0.1) is 0 Å². The summed E-state index contributed by atoms with van der Waals surface area (Å²) in [7, 11) is 0. The predicted molar refractivity (Wildman–Crippen MR) is 171 cm³/mol. The predicted octanol–water partition coefficient (Wildman–Crippen LogP) is 9.46. The number of carboxylic acids is 3. The van der Waals surface area contributed by atoms with E-state index in [1.54, 1.807) is 0 Å². The van der Waals surface area contributed by atoms with E-state index in [0.717, 1.165) is 33.4 Å². The zero-order valence-corrected chi connectivity index (χ0v) is 31.4. The van der Waals surface area contributed by atoms with E-state index in [1.165, 1.54) is 33.4 Å². The van der Waals surface area contributed by atoms with E-state index in [0.29, 0.717) is 0 Å². The van der Waals surface area contributed by atoms with E-state index >= 15 is 0 Å². The van der Waals surface area contributed by atoms with Crippen molar-refractivity contribution in [3.8, 4) is 0 Å². The third kappa shape index (κ3) is 8.36. The van der Waals surface area contributed by atoms with Gasteiger partial charge in [0.15, 0.2) is 0 Å². The molecule has 0 amide bonds. The number of allylic oxidation sites excluding steroid dienone is 9. The van der Waals surface area contributed by atoms with Crippen molar-refractivity contribution >= 4 is 17.9 Å². The molecule has 0 unspecified atom stereocenters. The SMILES string of the molecule is CC1=C(C)C(C)(C)C(CC(=O)O)=C1C.CC1=C(C)C(C)(C)C(CC(=O)O)=C1C.CC1=C(C)C(C)(C)C(CC(=O)O)=C1C.[Ir]. The second-order valence-electron chi connectivity index (χ2n) is 13.6. The summed E-state index contributed by atoms with van der Waals surface area (Å²) in [4.78, 5) is 32.2. The van der Waals surface area contributed by atoms with Gasteiger partial charge in [0.2, 0.25) is 0 Å². The Morgan fingerprint density at radius 3 is 0.674 bits per heavy atom. The van der Waals surface area contributed by atoms with Gasteiger partial charge in [0.1, 0.15) is 0 Å². The third-order valence-corrected chi connectivity index (χ3v) is 10.8. The fourth-order valence-corrected chi connectivity index (χ4v) is 6.53. The zero-order valence-electron chi connectivity index (χ0n) is 29.0. The van der Waals surface area contributed by atoms with E-state index in [2.05, 4.69) is 83.1 Å². The van der Waals surface area contributed by atoms with Crippen molar-refractivity contribution in [2.45, 2.75) is 123 Å². The summed E-state index contributed by atoms with van der Waals surface area (Å²) in [5.74, 6) is -2.22. The molecule has 0 fully saturated rings. The van der Waals surface area contributed by atoms with Crippen molar-refractivity contribution < 1.29 is 49.8 Å². The number of hydrogen-bond acceptors (Lipinski definition) is 3. The summed E-state index contributed by atoms with van der Waals surface area (Å²) in [6.45, 7) is 31.1. The number of rotatable bonds is 6. The van der Waals surface area contributed by atoms with E-state index in [-0.39, 0.29) is 55.6 Å². The van der Waals surface area contributed by atoms with Gasteiger partial charge >= 0.3 is 17.9 Å². The summed E-state index contributed by atoms with van der Waals surface area (Å²) >= 11 is 0. The minimum atomic E-state index is -0.741. The van der Waals surface area contributed by atoms with Crippen LogP contribution in [0.15, 0.2) is 66.9 Å². The van der Waals surface area contributed by atoms with Crippen LogP contribution in [0.2, 0.25) is 0 Å². The van der Waals surface area contributed by atoms with E-state index < -0.39 is 17.9 Å². The Bertz CT molecular complexity index is 1200. The van der Waals surface area contributed by atoms with Crippen LogP contribution in [0.5, 0.6) is 0 Å². The van der Waals surface area contributed by atoms with Crippen molar-refractivity contribution in [2.24, 2.45) is 16.2 Å². The molecule has 7 heteroatoms. The second kappa shape index (κ2) is 14.5. The van der Waals surface area contributed by atoms with Gasteiger partial charge in [-0.25, -0.2) is 0 Å². The molecule has 0 bridgehead atoms. The molecule has 0 aliphatic heterocycles. The van der Waals surface area contributed by atoms with Crippen LogP contribution >= 0.6 is 0 Å². The molecule has 0 aromatic heterocycles. The average molecular weight is 775 g/mol. The average Bonchev–Trinajstić information content (AvgIpc) is 3.18. The normalized spacial score (nSPS) is 20.2. The Labute approximate surface area is 273 Å². The summed E-state index contributed by atoms with van der Waals surface area (Å²) in [6, 6.07) is 0. The molecule has 3 aliphatic carbocycles. The van der Waals surface area contributed by atoms with Gasteiger partial charge in [0.05, 0.1) is 19.3 Å². The van der Waals surface area contributed by atoms with Gasteiger partial charge in [-0.3, -0.25) is 14.4 Å². The Morgan fingerprint density at radius 1 is 0.419 bits per heavy atom. The molecule has 0 aromatic rings. The largest absolute Gasteiger partial charge is 0.481 e. The van der Waals surface area contributed by atoms with Gasteiger partial charge in [-0.1, -0.05) is 58.3 Å². The van der Waals surface area contributed by atoms with Crippen LogP contribution < -0.4 is 0 Å². The first-order valence-corrected chi connectivity index (χ1v) is 14.7. The molecule has 6 nitrogen and oxygen atoms in total. The maximum Gasteiger partial charge on any atom is 0.307 e. The second-order valence-corrected chi connectivity index (χ2v) is 13.6. The molecule has 0 atom stereocenters. The topological polar surface area (TPSA) is 112 Å². The number of hydrogen-bond donors (Lipinski definition) is 3. The first-order chi connectivity index (χ1) is 18.8. The van der Waals surface area contributed by atoms with Crippen LogP contribution in [0, 0.1) is 16.2 Å². The van der Waals surface area contributed by atoms with Crippen LogP contribution in [-0.2, 0) is 34.5 Å². The van der Waals surface area contributed by atoms with Crippen molar-refractivity contribution in [3.63, 3.8) is 0 Å². The minimum Gasteiger partial charge on any atom is -0.481 e. The molecule has 3 N–H and O–H groups in total. The van der Waals surface area contributed by atoms with Gasteiger partial charge in [-0.05, 0) is 112 Å². The summed E-state index contributed by atoms with van der Waals surface area (Å²) < 4.78 is 0. The minimum absolute atomic E-state index is 0. The van der Waals surface area contributed by atoms with Gasteiger partial charge in [0, 0.05) is 36.4 Å². The number of aliphatic carboxylic acids is 3. The monoisotopic (exact) mass is 775 g/mol. The molecule has 3 rings (SSSR count). The molecule has 0 saturated heterocycles. The standard InChI is InChI=1S/3C12H18O2.Ir/c3*1-7-8(2)10(6-11(13)14)12(4,5)9(7)3;/h3*6H2,1-5H3,(H,13,14);. The van der Waals surface area contributed by atoms with Crippen molar-refractivity contribution in [1.29, 1.82) is 0 Å². The van der Waals surface area contributed by atoms with E-state index in [4.69, 9.17) is 15.3 Å². The van der Waals surface area contributed by atoms with Crippen LogP contribution in [0.4, 0.5) is 0 Å². The molecule has 1 radical (unpaired) electrons. The molecule has 43 heavy (non-hydrogen) atoms. The Kier molecular flexibility index (Phi) is 13.7. The summed E-state index contributed by atoms with van der Waals surface area (Å²) in [6.07, 6.45) is 0.481. The number of carboxylic acid groups (broad SMARTS) is 3. The molecule has 0 spiro atoms. The first kappa shape index (κ1) is 40.5. The van der Waals surface area contributed by atoms with Crippen LogP contribution in [-0.4, -0.2) is 33.2 Å². The summed E-state index contributed by atoms with van der Waals surface area (Å²) in [5.41, 5.74) is 14.1. The van der Waals surface area contributed by atoms with Crippen LogP contribution in [0.3, 0.4) is 0 Å². The molecular formula is C36H54IrO6. The fraction of sp³-hybridized carbons (Fsp3) is 0.583. The van der Waals surface area contributed by atoms with E-state index in [9.17, 15) is 14.4 Å². The first-order valence-electron chi connectivity index (χ1n) is 14.7. The van der Waals surface area contributed by atoms with Crippen molar-refractivity contribution in [1.82, 2.24) is 0 Å². The van der Waals surface area contributed by atoms with Crippen molar-refractivity contribution in [3.05, 3.63) is 66.9 Å². The van der Waals surface area contributed by atoms with Gasteiger partial charge in [0.25, 0.3) is 0 Å². The molecule has 0 aromatic carbocycles. The van der Waals surface area contributed by atoms with Crippen LogP contribution in [0.25, 0.3) is 0 Å². The van der Waals surface area contributed by atoms with Crippen molar-refractivity contribution in [2.75, 3.05) is 0 Å². The number of carbonyl (C=O) groups is 3. The Balaban J connectivity index is 0.000000608. The molecule has 0 saturated carbocycles. The molecule has 3 aliphatic rings. The van der Waals surface area contributed by atoms with Gasteiger partial charge < -0.3 is 15.3 Å². The molecule has 243 valence electrons. The van der Waals surface area contributed by atoms with E-state index in [1.807, 2.05) is 20.8 Å². The quantitative estimate of drug-likeness (QED) is 0.248. The Hall–Kier alpha value is -2.50. The molecular weight excluding hydrogens is 721 g/mol. The fourth-order valence-electron chi connectivity index (χ4n) is 6.53. The Morgan fingerprint density at radius 2 is 0.581 bits per heavy atom. The third-order valence-electron chi connectivity index (χ3n) is 10.8. The molecule has 0 heterocycles.